The molecule has 0 saturated heterocycles. The number of rotatable bonds is 5. The molecular weight excluding hydrogens is 404 g/mol. The Kier molecular flexibility index (Phi) is 5.04. The summed E-state index contributed by atoms with van der Waals surface area (Å²) in [5.74, 6) is -1.22. The van der Waals surface area contributed by atoms with Crippen molar-refractivity contribution in [3.8, 4) is 45.8 Å². The van der Waals surface area contributed by atoms with Crippen LogP contribution in [0.5, 0.6) is 34.5 Å². The van der Waals surface area contributed by atoms with Gasteiger partial charge in [0.1, 0.15) is 34.8 Å². The third-order valence-corrected chi connectivity index (χ3v) is 4.73. The molecular formula is C23H18O8. The van der Waals surface area contributed by atoms with E-state index in [9.17, 15) is 25.2 Å². The van der Waals surface area contributed by atoms with E-state index in [0.717, 1.165) is 11.6 Å². The van der Waals surface area contributed by atoms with Crippen LogP contribution in [0.25, 0.3) is 22.3 Å². The summed E-state index contributed by atoms with van der Waals surface area (Å²) in [5.41, 5.74) is 0.154. The second kappa shape index (κ2) is 7.83. The highest BCUT2D eigenvalue weighted by Gasteiger charge is 2.20. The van der Waals surface area contributed by atoms with E-state index < -0.39 is 22.7 Å². The third-order valence-electron chi connectivity index (χ3n) is 4.73. The molecule has 0 atom stereocenters. The fraction of sp³-hybridized carbons (Fsp3) is 0.0870. The summed E-state index contributed by atoms with van der Waals surface area (Å²) in [6.07, 6.45) is 0. The molecule has 0 aliphatic rings. The summed E-state index contributed by atoms with van der Waals surface area (Å²) in [6.45, 7) is 0.190. The molecule has 0 amide bonds. The normalized spacial score (nSPS) is 10.9. The van der Waals surface area contributed by atoms with Crippen molar-refractivity contribution < 1.29 is 34.3 Å². The number of phenolic OH excluding ortho intramolecular Hbond substituents is 3. The maximum absolute atomic E-state index is 12.6. The van der Waals surface area contributed by atoms with E-state index in [1.807, 2.05) is 12.1 Å². The molecule has 3 aromatic carbocycles. The Labute approximate surface area is 175 Å². The molecule has 1 aromatic heterocycles. The molecule has 0 bridgehead atoms. The summed E-state index contributed by atoms with van der Waals surface area (Å²) in [7, 11) is 1.57. The van der Waals surface area contributed by atoms with Gasteiger partial charge in [-0.15, -0.1) is 0 Å². The van der Waals surface area contributed by atoms with Gasteiger partial charge in [0.2, 0.25) is 11.2 Å². The van der Waals surface area contributed by atoms with Crippen LogP contribution in [0.2, 0.25) is 0 Å². The van der Waals surface area contributed by atoms with Crippen molar-refractivity contribution in [1.82, 2.24) is 0 Å². The summed E-state index contributed by atoms with van der Waals surface area (Å²) in [4.78, 5) is 12.6. The molecule has 0 aliphatic heterocycles. The van der Waals surface area contributed by atoms with Gasteiger partial charge in [0.25, 0.3) is 0 Å². The van der Waals surface area contributed by atoms with Crippen LogP contribution in [0.15, 0.2) is 63.8 Å². The first-order chi connectivity index (χ1) is 14.9. The van der Waals surface area contributed by atoms with E-state index in [2.05, 4.69) is 0 Å². The lowest BCUT2D eigenvalue weighted by molar-refractivity contribution is 0.304. The van der Waals surface area contributed by atoms with Crippen molar-refractivity contribution in [2.24, 2.45) is 0 Å². The van der Waals surface area contributed by atoms with Crippen LogP contribution in [0, 0.1) is 0 Å². The molecule has 0 saturated carbocycles. The quantitative estimate of drug-likeness (QED) is 0.357. The molecule has 8 nitrogen and oxygen atoms in total. The van der Waals surface area contributed by atoms with Crippen LogP contribution < -0.4 is 14.9 Å². The van der Waals surface area contributed by atoms with Crippen molar-refractivity contribution in [2.45, 2.75) is 6.61 Å². The predicted octanol–water partition coefficient (Wildman–Crippen LogP) is 3.87. The Hall–Kier alpha value is -4.33. The van der Waals surface area contributed by atoms with E-state index in [1.165, 1.54) is 24.3 Å². The van der Waals surface area contributed by atoms with Gasteiger partial charge in [-0.2, -0.15) is 0 Å². The Bertz CT molecular complexity index is 1320. The minimum Gasteiger partial charge on any atom is -0.507 e. The van der Waals surface area contributed by atoms with Crippen LogP contribution in [0.1, 0.15) is 5.56 Å². The summed E-state index contributed by atoms with van der Waals surface area (Å²) in [5, 5.41) is 39.6. The van der Waals surface area contributed by atoms with Crippen LogP contribution >= 0.6 is 0 Å². The first-order valence-electron chi connectivity index (χ1n) is 9.18. The van der Waals surface area contributed by atoms with Crippen molar-refractivity contribution in [1.29, 1.82) is 0 Å². The summed E-state index contributed by atoms with van der Waals surface area (Å²) < 4.78 is 16.5. The average Bonchev–Trinajstić information content (AvgIpc) is 2.76. The zero-order chi connectivity index (χ0) is 22.1. The molecule has 0 unspecified atom stereocenters. The number of benzene rings is 3. The lowest BCUT2D eigenvalue weighted by Gasteiger charge is -2.11. The van der Waals surface area contributed by atoms with Gasteiger partial charge in [-0.3, -0.25) is 4.79 Å². The van der Waals surface area contributed by atoms with Gasteiger partial charge in [0, 0.05) is 17.7 Å². The van der Waals surface area contributed by atoms with Crippen LogP contribution in [0.4, 0.5) is 0 Å². The van der Waals surface area contributed by atoms with Gasteiger partial charge in [-0.25, -0.2) is 0 Å². The van der Waals surface area contributed by atoms with Gasteiger partial charge in [-0.1, -0.05) is 12.1 Å². The fourth-order valence-electron chi connectivity index (χ4n) is 3.10. The number of ether oxygens (including phenoxy) is 2. The Morgan fingerprint density at radius 1 is 0.839 bits per heavy atom. The Morgan fingerprint density at radius 3 is 2.26 bits per heavy atom. The minimum absolute atomic E-state index is 0.0184. The smallest absolute Gasteiger partial charge is 0.238 e. The first-order valence-corrected chi connectivity index (χ1v) is 9.18. The van der Waals surface area contributed by atoms with E-state index in [1.54, 1.807) is 19.2 Å². The van der Waals surface area contributed by atoms with E-state index in [-0.39, 0.29) is 40.4 Å². The highest BCUT2D eigenvalue weighted by molar-refractivity contribution is 5.88. The third kappa shape index (κ3) is 3.78. The molecule has 4 N–H and O–H groups in total. The maximum Gasteiger partial charge on any atom is 0.238 e. The van der Waals surface area contributed by atoms with Crippen molar-refractivity contribution >= 4 is 11.0 Å². The molecule has 1 heterocycles. The molecule has 4 rings (SSSR count). The molecule has 8 heteroatoms. The standard InChI is InChI=1S/C23H18O8/c1-29-14-5-2-12(3-6-14)11-30-15-9-18(26)20-19(10-15)31-23(22(28)21(20)27)13-4-7-16(24)17(25)8-13/h2-10,24-26,28H,11H2,1H3. The molecule has 0 spiro atoms. The van der Waals surface area contributed by atoms with Crippen LogP contribution in [-0.4, -0.2) is 27.5 Å². The first kappa shape index (κ1) is 20.0. The monoisotopic (exact) mass is 422 g/mol. The molecule has 0 radical (unpaired) electrons. The van der Waals surface area contributed by atoms with Crippen molar-refractivity contribution in [3.05, 3.63) is 70.4 Å². The lowest BCUT2D eigenvalue weighted by Crippen LogP contribution is -2.04. The zero-order valence-corrected chi connectivity index (χ0v) is 16.3. The maximum atomic E-state index is 12.6. The van der Waals surface area contributed by atoms with Gasteiger partial charge in [0.15, 0.2) is 17.3 Å². The van der Waals surface area contributed by atoms with Gasteiger partial charge in [-0.05, 0) is 35.9 Å². The molecule has 0 fully saturated rings. The molecule has 158 valence electrons. The van der Waals surface area contributed by atoms with Gasteiger partial charge >= 0.3 is 0 Å². The van der Waals surface area contributed by atoms with Crippen LogP contribution in [-0.2, 0) is 6.61 Å². The molecule has 0 aliphatic carbocycles. The highest BCUT2D eigenvalue weighted by Crippen LogP contribution is 2.38. The van der Waals surface area contributed by atoms with E-state index >= 15 is 0 Å². The SMILES string of the molecule is COc1ccc(COc2cc(O)c3c(=O)c(O)c(-c4ccc(O)c(O)c4)oc3c2)cc1. The summed E-state index contributed by atoms with van der Waals surface area (Å²) in [6, 6.07) is 13.6. The second-order valence-corrected chi connectivity index (χ2v) is 6.76. The van der Waals surface area contributed by atoms with Gasteiger partial charge < -0.3 is 34.3 Å². The number of hydrogen-bond acceptors (Lipinski definition) is 8. The Morgan fingerprint density at radius 2 is 1.58 bits per heavy atom. The van der Waals surface area contributed by atoms with Crippen molar-refractivity contribution in [2.75, 3.05) is 7.11 Å². The van der Waals surface area contributed by atoms with Crippen molar-refractivity contribution in [3.63, 3.8) is 0 Å². The highest BCUT2D eigenvalue weighted by atomic mass is 16.5. The Balaban J connectivity index is 1.73. The fourth-order valence-corrected chi connectivity index (χ4v) is 3.10. The molecule has 4 aromatic rings. The average molecular weight is 422 g/mol. The topological polar surface area (TPSA) is 130 Å². The lowest BCUT2D eigenvalue weighted by atomic mass is 10.1. The minimum atomic E-state index is -0.844. The number of phenols is 3. The van der Waals surface area contributed by atoms with Crippen LogP contribution in [0.3, 0.4) is 0 Å². The number of methoxy groups -OCH3 is 1. The second-order valence-electron chi connectivity index (χ2n) is 6.76. The number of hydrogen-bond donors (Lipinski definition) is 4. The predicted molar refractivity (Wildman–Crippen MR) is 112 cm³/mol. The number of aromatic hydroxyl groups is 4. The zero-order valence-electron chi connectivity index (χ0n) is 16.3. The largest absolute Gasteiger partial charge is 0.507 e. The van der Waals surface area contributed by atoms with E-state index in [0.29, 0.717) is 5.75 Å². The van der Waals surface area contributed by atoms with E-state index in [4.69, 9.17) is 13.9 Å². The van der Waals surface area contributed by atoms with Gasteiger partial charge in [0.05, 0.1) is 7.11 Å². The summed E-state index contributed by atoms with van der Waals surface area (Å²) >= 11 is 0. The number of fused-ring (bicyclic) bond motifs is 1. The molecule has 31 heavy (non-hydrogen) atoms.